The van der Waals surface area contributed by atoms with Crippen LogP contribution in [0.15, 0.2) is 34.7 Å². The van der Waals surface area contributed by atoms with Gasteiger partial charge in [0, 0.05) is 10.6 Å². The first-order valence-electron chi connectivity index (χ1n) is 4.41. The van der Waals surface area contributed by atoms with Crippen molar-refractivity contribution in [3.8, 4) is 0 Å². The molecule has 0 aromatic heterocycles. The average Bonchev–Trinajstić information content (AvgIpc) is 2.10. The van der Waals surface area contributed by atoms with Gasteiger partial charge in [-0.15, -0.1) is 11.8 Å². The van der Waals surface area contributed by atoms with Crippen LogP contribution in [-0.2, 0) is 0 Å². The molecule has 0 saturated carbocycles. The largest absolute Gasteiger partial charge is 0.396 e. The third kappa shape index (κ3) is 3.42. The predicted molar refractivity (Wildman–Crippen MR) is 61.0 cm³/mol. The normalized spacial score (nSPS) is 9.93. The summed E-state index contributed by atoms with van der Waals surface area (Å²) in [5, 5.41) is 0. The lowest BCUT2D eigenvalue weighted by Crippen LogP contribution is -1.89. The van der Waals surface area contributed by atoms with E-state index in [1.54, 1.807) is 17.8 Å². The van der Waals surface area contributed by atoms with E-state index in [0.29, 0.717) is 0 Å². The highest BCUT2D eigenvalue weighted by molar-refractivity contribution is 7.99. The van der Waals surface area contributed by atoms with E-state index in [9.17, 15) is 4.39 Å². The first-order valence-corrected chi connectivity index (χ1v) is 5.39. The Morgan fingerprint density at radius 2 is 2.21 bits per heavy atom. The Kier molecular flexibility index (Phi) is 4.01. The van der Waals surface area contributed by atoms with Crippen LogP contribution >= 0.6 is 11.8 Å². The summed E-state index contributed by atoms with van der Waals surface area (Å²) in [7, 11) is 0. The summed E-state index contributed by atoms with van der Waals surface area (Å²) in [6.45, 7) is 4.09. The zero-order chi connectivity index (χ0) is 10.6. The van der Waals surface area contributed by atoms with Gasteiger partial charge < -0.3 is 5.73 Å². The number of thioether (sulfide) groups is 1. The summed E-state index contributed by atoms with van der Waals surface area (Å²) in [6.07, 6.45) is 2.11. The quantitative estimate of drug-likeness (QED) is 0.470. The van der Waals surface area contributed by atoms with E-state index in [4.69, 9.17) is 5.73 Å². The fourth-order valence-corrected chi connectivity index (χ4v) is 1.86. The molecular weight excluding hydrogens is 197 g/mol. The maximum absolute atomic E-state index is 13.0. The molecule has 0 saturated heterocycles. The van der Waals surface area contributed by atoms with Crippen LogP contribution in [0.1, 0.15) is 13.8 Å². The van der Waals surface area contributed by atoms with Crippen LogP contribution in [0.4, 0.5) is 10.1 Å². The van der Waals surface area contributed by atoms with E-state index in [1.807, 2.05) is 19.9 Å². The van der Waals surface area contributed by atoms with E-state index >= 15 is 0 Å². The standard InChI is InChI=1S/C11H14FNS/c1-8(2)5-6-14-9-3-4-11(13)10(12)7-9/h3-5,7H,6,13H2,1-2H3. The highest BCUT2D eigenvalue weighted by Crippen LogP contribution is 2.22. The molecule has 0 heterocycles. The maximum Gasteiger partial charge on any atom is 0.147 e. The molecule has 1 aromatic rings. The van der Waals surface area contributed by atoms with Gasteiger partial charge in [-0.25, -0.2) is 4.39 Å². The smallest absolute Gasteiger partial charge is 0.147 e. The third-order valence-corrected chi connectivity index (χ3v) is 2.63. The van der Waals surface area contributed by atoms with Gasteiger partial charge in [0.05, 0.1) is 5.69 Å². The molecule has 0 aliphatic carbocycles. The minimum Gasteiger partial charge on any atom is -0.396 e. The number of anilines is 1. The molecule has 0 unspecified atom stereocenters. The maximum atomic E-state index is 13.0. The van der Waals surface area contributed by atoms with Crippen molar-refractivity contribution in [3.05, 3.63) is 35.7 Å². The Bertz CT molecular complexity index is 343. The van der Waals surface area contributed by atoms with Gasteiger partial charge in [-0.3, -0.25) is 0 Å². The SMILES string of the molecule is CC(C)=CCSc1ccc(N)c(F)c1. The fourth-order valence-electron chi connectivity index (χ4n) is 0.902. The van der Waals surface area contributed by atoms with Gasteiger partial charge in [-0.05, 0) is 32.0 Å². The molecule has 0 radical (unpaired) electrons. The highest BCUT2D eigenvalue weighted by Gasteiger charge is 1.99. The molecule has 2 N–H and O–H groups in total. The molecule has 1 aromatic carbocycles. The molecular formula is C11H14FNS. The summed E-state index contributed by atoms with van der Waals surface area (Å²) in [6, 6.07) is 4.90. The van der Waals surface area contributed by atoms with E-state index in [2.05, 4.69) is 6.08 Å². The van der Waals surface area contributed by atoms with Gasteiger partial charge in [-0.1, -0.05) is 11.6 Å². The number of rotatable bonds is 3. The van der Waals surface area contributed by atoms with Gasteiger partial charge in [0.2, 0.25) is 0 Å². The summed E-state index contributed by atoms with van der Waals surface area (Å²) in [5.41, 5.74) is 6.85. The molecule has 0 atom stereocenters. The minimum atomic E-state index is -0.341. The van der Waals surface area contributed by atoms with Crippen LogP contribution in [0.25, 0.3) is 0 Å². The lowest BCUT2D eigenvalue weighted by atomic mass is 10.3. The molecule has 0 aliphatic rings. The van der Waals surface area contributed by atoms with Gasteiger partial charge >= 0.3 is 0 Å². The Morgan fingerprint density at radius 3 is 2.79 bits per heavy atom. The van der Waals surface area contributed by atoms with Crippen LogP contribution < -0.4 is 5.73 Å². The van der Waals surface area contributed by atoms with Crippen LogP contribution in [0.5, 0.6) is 0 Å². The molecule has 0 bridgehead atoms. The fraction of sp³-hybridized carbons (Fsp3) is 0.273. The van der Waals surface area contributed by atoms with Crippen molar-refractivity contribution in [2.75, 3.05) is 11.5 Å². The molecule has 3 heteroatoms. The molecule has 0 amide bonds. The Balaban J connectivity index is 2.60. The van der Waals surface area contributed by atoms with Crippen molar-refractivity contribution in [1.29, 1.82) is 0 Å². The van der Waals surface area contributed by atoms with Crippen molar-refractivity contribution in [2.45, 2.75) is 18.7 Å². The Morgan fingerprint density at radius 1 is 1.50 bits per heavy atom. The van der Waals surface area contributed by atoms with E-state index in [1.165, 1.54) is 11.6 Å². The van der Waals surface area contributed by atoms with E-state index < -0.39 is 0 Å². The van der Waals surface area contributed by atoms with Gasteiger partial charge in [0.25, 0.3) is 0 Å². The zero-order valence-corrected chi connectivity index (χ0v) is 9.20. The molecule has 0 fully saturated rings. The lowest BCUT2D eigenvalue weighted by Gasteiger charge is -2.01. The second-order valence-electron chi connectivity index (χ2n) is 3.28. The van der Waals surface area contributed by atoms with Crippen molar-refractivity contribution in [1.82, 2.24) is 0 Å². The highest BCUT2D eigenvalue weighted by atomic mass is 32.2. The zero-order valence-electron chi connectivity index (χ0n) is 8.38. The number of nitrogen functional groups attached to an aromatic ring is 1. The van der Waals surface area contributed by atoms with Gasteiger partial charge in [0.1, 0.15) is 5.82 Å². The van der Waals surface area contributed by atoms with Gasteiger partial charge in [0.15, 0.2) is 0 Å². The van der Waals surface area contributed by atoms with E-state index in [-0.39, 0.29) is 11.5 Å². The number of halogens is 1. The molecule has 14 heavy (non-hydrogen) atoms. The van der Waals surface area contributed by atoms with Crippen molar-refractivity contribution >= 4 is 17.4 Å². The first-order chi connectivity index (χ1) is 6.59. The number of benzene rings is 1. The van der Waals surface area contributed by atoms with Crippen molar-refractivity contribution < 1.29 is 4.39 Å². The molecule has 0 spiro atoms. The van der Waals surface area contributed by atoms with Crippen LogP contribution in [0.3, 0.4) is 0 Å². The monoisotopic (exact) mass is 211 g/mol. The van der Waals surface area contributed by atoms with Gasteiger partial charge in [-0.2, -0.15) is 0 Å². The number of allylic oxidation sites excluding steroid dienone is 1. The second kappa shape index (κ2) is 5.05. The topological polar surface area (TPSA) is 26.0 Å². The number of hydrogen-bond donors (Lipinski definition) is 1. The third-order valence-electron chi connectivity index (χ3n) is 1.71. The second-order valence-corrected chi connectivity index (χ2v) is 4.37. The van der Waals surface area contributed by atoms with Crippen LogP contribution in [0.2, 0.25) is 0 Å². The van der Waals surface area contributed by atoms with Crippen molar-refractivity contribution in [2.24, 2.45) is 0 Å². The molecule has 76 valence electrons. The molecule has 1 nitrogen and oxygen atoms in total. The van der Waals surface area contributed by atoms with Crippen LogP contribution in [-0.4, -0.2) is 5.75 Å². The molecule has 1 rings (SSSR count). The predicted octanol–water partition coefficient (Wildman–Crippen LogP) is 3.47. The number of nitrogens with two attached hydrogens (primary N) is 1. The minimum absolute atomic E-state index is 0.205. The Labute approximate surface area is 88.2 Å². The van der Waals surface area contributed by atoms with Crippen LogP contribution in [0, 0.1) is 5.82 Å². The summed E-state index contributed by atoms with van der Waals surface area (Å²) < 4.78 is 13.0. The van der Waals surface area contributed by atoms with E-state index in [0.717, 1.165) is 10.6 Å². The van der Waals surface area contributed by atoms with Crippen molar-refractivity contribution in [3.63, 3.8) is 0 Å². The number of hydrogen-bond acceptors (Lipinski definition) is 2. The summed E-state index contributed by atoms with van der Waals surface area (Å²) >= 11 is 1.60. The molecule has 0 aliphatic heterocycles. The summed E-state index contributed by atoms with van der Waals surface area (Å²) in [5.74, 6) is 0.526. The average molecular weight is 211 g/mol. The Hall–Kier alpha value is -0.960. The first kappa shape index (κ1) is 11.1. The summed E-state index contributed by atoms with van der Waals surface area (Å²) in [4.78, 5) is 0.911. The lowest BCUT2D eigenvalue weighted by molar-refractivity contribution is 0.629.